The second-order valence-corrected chi connectivity index (χ2v) is 8.33. The summed E-state index contributed by atoms with van der Waals surface area (Å²) >= 11 is 6.27. The van der Waals surface area contributed by atoms with Gasteiger partial charge in [-0.25, -0.2) is 4.98 Å². The molecule has 1 aromatic heterocycles. The molecule has 0 atom stereocenters. The number of hydrogen-bond acceptors (Lipinski definition) is 4. The Morgan fingerprint density at radius 1 is 1.03 bits per heavy atom. The summed E-state index contributed by atoms with van der Waals surface area (Å²) in [4.78, 5) is 33.3. The van der Waals surface area contributed by atoms with E-state index in [9.17, 15) is 9.59 Å². The SMILES string of the molecule is O=C(NCc1ccc(N2CCCCCC2)nc1)c1ccc(Cl)c(N2CCCC2=O)c1. The molecule has 6 nitrogen and oxygen atoms in total. The van der Waals surface area contributed by atoms with Gasteiger partial charge in [-0.15, -0.1) is 0 Å². The van der Waals surface area contributed by atoms with Gasteiger partial charge in [-0.2, -0.15) is 0 Å². The lowest BCUT2D eigenvalue weighted by atomic mass is 10.1. The van der Waals surface area contributed by atoms with Crippen molar-refractivity contribution in [3.63, 3.8) is 0 Å². The molecule has 158 valence electrons. The Hall–Kier alpha value is -2.60. The van der Waals surface area contributed by atoms with E-state index in [4.69, 9.17) is 11.6 Å². The molecule has 0 spiro atoms. The molecule has 0 unspecified atom stereocenters. The molecule has 0 radical (unpaired) electrons. The lowest BCUT2D eigenvalue weighted by molar-refractivity contribution is -0.117. The Bertz CT molecular complexity index is 908. The molecule has 0 bridgehead atoms. The average molecular weight is 427 g/mol. The van der Waals surface area contributed by atoms with Gasteiger partial charge < -0.3 is 15.1 Å². The highest BCUT2D eigenvalue weighted by Gasteiger charge is 2.24. The number of carbonyl (C=O) groups is 2. The maximum absolute atomic E-state index is 12.6. The van der Waals surface area contributed by atoms with E-state index in [-0.39, 0.29) is 11.8 Å². The average Bonchev–Trinajstić information content (AvgIpc) is 3.01. The third-order valence-electron chi connectivity index (χ3n) is 5.76. The Balaban J connectivity index is 1.38. The van der Waals surface area contributed by atoms with Gasteiger partial charge in [-0.05, 0) is 49.1 Å². The lowest BCUT2D eigenvalue weighted by Gasteiger charge is -2.21. The van der Waals surface area contributed by atoms with Crippen LogP contribution in [0.4, 0.5) is 11.5 Å². The summed E-state index contributed by atoms with van der Waals surface area (Å²) in [6.45, 7) is 3.15. The van der Waals surface area contributed by atoms with Crippen molar-refractivity contribution in [2.45, 2.75) is 45.1 Å². The van der Waals surface area contributed by atoms with Crippen LogP contribution >= 0.6 is 11.6 Å². The highest BCUT2D eigenvalue weighted by molar-refractivity contribution is 6.34. The van der Waals surface area contributed by atoms with Crippen LogP contribution in [0.15, 0.2) is 36.5 Å². The molecule has 2 aromatic rings. The van der Waals surface area contributed by atoms with E-state index in [1.165, 1.54) is 25.7 Å². The maximum atomic E-state index is 12.6. The zero-order valence-electron chi connectivity index (χ0n) is 17.1. The minimum atomic E-state index is -0.198. The van der Waals surface area contributed by atoms with Crippen LogP contribution in [0, 0.1) is 0 Å². The molecule has 2 amide bonds. The number of pyridine rings is 1. The van der Waals surface area contributed by atoms with Crippen LogP contribution in [0.2, 0.25) is 5.02 Å². The summed E-state index contributed by atoms with van der Waals surface area (Å²) in [5, 5.41) is 3.42. The quantitative estimate of drug-likeness (QED) is 0.779. The number of hydrogen-bond donors (Lipinski definition) is 1. The van der Waals surface area contributed by atoms with Crippen LogP contribution in [0.25, 0.3) is 0 Å². The molecule has 2 saturated heterocycles. The van der Waals surface area contributed by atoms with Crippen LogP contribution in [-0.2, 0) is 11.3 Å². The molecular weight excluding hydrogens is 400 g/mol. The van der Waals surface area contributed by atoms with Crippen molar-refractivity contribution in [1.82, 2.24) is 10.3 Å². The largest absolute Gasteiger partial charge is 0.357 e. The molecule has 3 heterocycles. The fraction of sp³-hybridized carbons (Fsp3) is 0.435. The molecular formula is C23H27ClN4O2. The van der Waals surface area contributed by atoms with Crippen molar-refractivity contribution in [3.05, 3.63) is 52.7 Å². The summed E-state index contributed by atoms with van der Waals surface area (Å²) in [6, 6.07) is 9.11. The number of carbonyl (C=O) groups excluding carboxylic acids is 2. The van der Waals surface area contributed by atoms with Crippen molar-refractivity contribution >= 4 is 34.9 Å². The molecule has 1 N–H and O–H groups in total. The van der Waals surface area contributed by atoms with Crippen molar-refractivity contribution < 1.29 is 9.59 Å². The third kappa shape index (κ3) is 4.75. The minimum Gasteiger partial charge on any atom is -0.357 e. The van der Waals surface area contributed by atoms with Gasteiger partial charge in [0, 0.05) is 44.4 Å². The highest BCUT2D eigenvalue weighted by Crippen LogP contribution is 2.30. The fourth-order valence-electron chi connectivity index (χ4n) is 4.06. The predicted molar refractivity (Wildman–Crippen MR) is 119 cm³/mol. The van der Waals surface area contributed by atoms with Gasteiger partial charge in [-0.1, -0.05) is 30.5 Å². The summed E-state index contributed by atoms with van der Waals surface area (Å²) in [7, 11) is 0. The van der Waals surface area contributed by atoms with E-state index in [0.717, 1.165) is 30.9 Å². The van der Waals surface area contributed by atoms with Crippen LogP contribution < -0.4 is 15.1 Å². The first kappa shape index (κ1) is 20.7. The van der Waals surface area contributed by atoms with Gasteiger partial charge >= 0.3 is 0 Å². The van der Waals surface area contributed by atoms with Crippen LogP contribution in [0.5, 0.6) is 0 Å². The zero-order chi connectivity index (χ0) is 20.9. The van der Waals surface area contributed by atoms with Crippen molar-refractivity contribution in [1.29, 1.82) is 0 Å². The molecule has 2 aliphatic heterocycles. The van der Waals surface area contributed by atoms with E-state index < -0.39 is 0 Å². The van der Waals surface area contributed by atoms with E-state index in [2.05, 4.69) is 15.2 Å². The Morgan fingerprint density at radius 3 is 2.50 bits per heavy atom. The topological polar surface area (TPSA) is 65.5 Å². The minimum absolute atomic E-state index is 0.0463. The fourth-order valence-corrected chi connectivity index (χ4v) is 4.28. The van der Waals surface area contributed by atoms with Crippen molar-refractivity contribution in [3.8, 4) is 0 Å². The Labute approximate surface area is 182 Å². The maximum Gasteiger partial charge on any atom is 0.251 e. The number of rotatable bonds is 5. The van der Waals surface area contributed by atoms with Crippen molar-refractivity contribution in [2.24, 2.45) is 0 Å². The van der Waals surface area contributed by atoms with Gasteiger partial charge in [0.25, 0.3) is 5.91 Å². The number of nitrogens with zero attached hydrogens (tertiary/aromatic N) is 3. The number of halogens is 1. The molecule has 7 heteroatoms. The summed E-state index contributed by atoms with van der Waals surface area (Å²) < 4.78 is 0. The second-order valence-electron chi connectivity index (χ2n) is 7.92. The van der Waals surface area contributed by atoms with Gasteiger partial charge in [0.2, 0.25) is 5.91 Å². The monoisotopic (exact) mass is 426 g/mol. The summed E-state index contributed by atoms with van der Waals surface area (Å²) in [6.07, 6.45) is 8.17. The highest BCUT2D eigenvalue weighted by atomic mass is 35.5. The van der Waals surface area contributed by atoms with Crippen LogP contribution in [0.3, 0.4) is 0 Å². The van der Waals surface area contributed by atoms with Crippen LogP contribution in [-0.4, -0.2) is 36.4 Å². The predicted octanol–water partition coefficient (Wildman–Crippen LogP) is 4.17. The molecule has 4 rings (SSSR count). The summed E-state index contributed by atoms with van der Waals surface area (Å²) in [5.41, 5.74) is 2.05. The number of benzene rings is 1. The molecule has 30 heavy (non-hydrogen) atoms. The van der Waals surface area contributed by atoms with Gasteiger partial charge in [0.1, 0.15) is 5.82 Å². The molecule has 0 saturated carbocycles. The first-order valence-corrected chi connectivity index (χ1v) is 11.1. The van der Waals surface area contributed by atoms with Crippen molar-refractivity contribution in [2.75, 3.05) is 29.4 Å². The standard InChI is InChI=1S/C23H27ClN4O2/c24-19-9-8-18(14-20(19)28-13-5-6-22(28)29)23(30)26-16-17-7-10-21(25-15-17)27-11-3-1-2-4-12-27/h7-10,14-15H,1-6,11-13,16H2,(H,26,30). The number of aromatic nitrogens is 1. The second kappa shape index (κ2) is 9.47. The third-order valence-corrected chi connectivity index (χ3v) is 6.08. The number of nitrogens with one attached hydrogen (secondary N) is 1. The van der Waals surface area contributed by atoms with E-state index in [0.29, 0.717) is 35.8 Å². The van der Waals surface area contributed by atoms with E-state index in [1.54, 1.807) is 23.1 Å². The van der Waals surface area contributed by atoms with E-state index in [1.807, 2.05) is 18.3 Å². The zero-order valence-corrected chi connectivity index (χ0v) is 17.8. The van der Waals surface area contributed by atoms with E-state index >= 15 is 0 Å². The molecule has 2 fully saturated rings. The smallest absolute Gasteiger partial charge is 0.251 e. The Morgan fingerprint density at radius 2 is 1.83 bits per heavy atom. The first-order valence-electron chi connectivity index (χ1n) is 10.7. The van der Waals surface area contributed by atoms with Gasteiger partial charge in [0.05, 0.1) is 10.7 Å². The van der Waals surface area contributed by atoms with Gasteiger partial charge in [-0.3, -0.25) is 9.59 Å². The first-order chi connectivity index (χ1) is 14.6. The normalized spacial score (nSPS) is 17.2. The molecule has 2 aliphatic rings. The van der Waals surface area contributed by atoms with Gasteiger partial charge in [0.15, 0.2) is 0 Å². The number of amides is 2. The number of anilines is 2. The van der Waals surface area contributed by atoms with Crippen LogP contribution in [0.1, 0.15) is 54.4 Å². The lowest BCUT2D eigenvalue weighted by Crippen LogP contribution is -2.26. The molecule has 1 aromatic carbocycles. The summed E-state index contributed by atoms with van der Waals surface area (Å²) in [5.74, 6) is 0.853. The molecule has 0 aliphatic carbocycles. The Kier molecular flexibility index (Phi) is 6.53.